The second-order valence-electron chi connectivity index (χ2n) is 5.78. The molecule has 1 N–H and O–H groups in total. The molecule has 0 atom stereocenters. The number of rotatable bonds is 4. The van der Waals surface area contributed by atoms with Crippen LogP contribution in [0.2, 0.25) is 0 Å². The number of hydrogen-bond donors (Lipinski definition) is 1. The molecule has 0 saturated carbocycles. The summed E-state index contributed by atoms with van der Waals surface area (Å²) in [6, 6.07) is 10.3. The highest BCUT2D eigenvalue weighted by Crippen LogP contribution is 2.31. The molecule has 3 rings (SSSR count). The van der Waals surface area contributed by atoms with E-state index in [0.29, 0.717) is 19.3 Å². The molecule has 0 radical (unpaired) electrons. The van der Waals surface area contributed by atoms with Crippen LogP contribution in [0, 0.1) is 0 Å². The zero-order chi connectivity index (χ0) is 18.8. The normalized spacial score (nSPS) is 15.7. The van der Waals surface area contributed by atoms with Gasteiger partial charge >= 0.3 is 6.18 Å². The van der Waals surface area contributed by atoms with E-state index in [4.69, 9.17) is 4.74 Å². The SMILES string of the molecule is O=S(=O)(Nc1ccc(N2CCOCC2)cc1)c1cccc(C(F)(F)F)c1. The van der Waals surface area contributed by atoms with Gasteiger partial charge in [-0.25, -0.2) is 8.42 Å². The number of nitrogens with one attached hydrogen (secondary N) is 1. The molecule has 0 spiro atoms. The summed E-state index contributed by atoms with van der Waals surface area (Å²) in [5, 5.41) is 0. The standard InChI is InChI=1S/C17H17F3N2O3S/c18-17(19,20)13-2-1-3-16(12-13)26(23,24)21-14-4-6-15(7-5-14)22-8-10-25-11-9-22/h1-7,12,21H,8-11H2. The third-order valence-electron chi connectivity index (χ3n) is 3.97. The van der Waals surface area contributed by atoms with Crippen molar-refractivity contribution in [1.29, 1.82) is 0 Å². The Morgan fingerprint density at radius 1 is 1.00 bits per heavy atom. The van der Waals surface area contributed by atoms with Crippen LogP contribution in [-0.2, 0) is 20.9 Å². The van der Waals surface area contributed by atoms with Crippen molar-refractivity contribution in [3.63, 3.8) is 0 Å². The summed E-state index contributed by atoms with van der Waals surface area (Å²) in [7, 11) is -4.12. The molecule has 0 aliphatic carbocycles. The third kappa shape index (κ3) is 4.28. The number of alkyl halides is 3. The highest BCUT2D eigenvalue weighted by Gasteiger charge is 2.31. The number of anilines is 2. The van der Waals surface area contributed by atoms with E-state index in [1.165, 1.54) is 0 Å². The van der Waals surface area contributed by atoms with Gasteiger partial charge in [0.05, 0.1) is 23.7 Å². The number of benzene rings is 2. The molecular formula is C17H17F3N2O3S. The maximum Gasteiger partial charge on any atom is 0.416 e. The molecule has 26 heavy (non-hydrogen) atoms. The first-order valence-corrected chi connectivity index (χ1v) is 9.37. The Morgan fingerprint density at radius 3 is 2.27 bits per heavy atom. The Balaban J connectivity index is 1.77. The van der Waals surface area contributed by atoms with Gasteiger partial charge in [0.15, 0.2) is 0 Å². The lowest BCUT2D eigenvalue weighted by molar-refractivity contribution is -0.137. The fourth-order valence-electron chi connectivity index (χ4n) is 2.62. The van der Waals surface area contributed by atoms with Crippen LogP contribution in [-0.4, -0.2) is 34.7 Å². The minimum atomic E-state index is -4.61. The van der Waals surface area contributed by atoms with Crippen molar-refractivity contribution in [3.8, 4) is 0 Å². The molecular weight excluding hydrogens is 369 g/mol. The quantitative estimate of drug-likeness (QED) is 0.876. The largest absolute Gasteiger partial charge is 0.416 e. The van der Waals surface area contributed by atoms with Crippen LogP contribution < -0.4 is 9.62 Å². The minimum absolute atomic E-state index is 0.277. The average molecular weight is 386 g/mol. The Bertz CT molecular complexity index is 862. The van der Waals surface area contributed by atoms with Gasteiger partial charge in [-0.2, -0.15) is 13.2 Å². The number of nitrogens with zero attached hydrogens (tertiary/aromatic N) is 1. The first-order valence-electron chi connectivity index (χ1n) is 7.88. The second kappa shape index (κ2) is 7.16. The molecule has 2 aromatic carbocycles. The fraction of sp³-hybridized carbons (Fsp3) is 0.294. The summed E-state index contributed by atoms with van der Waals surface area (Å²) in [6.45, 7) is 2.75. The van der Waals surface area contributed by atoms with E-state index in [-0.39, 0.29) is 5.69 Å². The molecule has 1 saturated heterocycles. The van der Waals surface area contributed by atoms with Crippen LogP contribution in [0.3, 0.4) is 0 Å². The maximum atomic E-state index is 12.8. The number of ether oxygens (including phenoxy) is 1. The Hall–Kier alpha value is -2.26. The van der Waals surface area contributed by atoms with Crippen LogP contribution in [0.5, 0.6) is 0 Å². The molecule has 0 bridgehead atoms. The zero-order valence-corrected chi connectivity index (χ0v) is 14.5. The zero-order valence-electron chi connectivity index (χ0n) is 13.7. The van der Waals surface area contributed by atoms with Gasteiger partial charge in [0, 0.05) is 24.5 Å². The van der Waals surface area contributed by atoms with Gasteiger partial charge in [-0.05, 0) is 42.5 Å². The van der Waals surface area contributed by atoms with E-state index < -0.39 is 26.7 Å². The summed E-state index contributed by atoms with van der Waals surface area (Å²) in [5.74, 6) is 0. The molecule has 0 aromatic heterocycles. The minimum Gasteiger partial charge on any atom is -0.378 e. The van der Waals surface area contributed by atoms with Crippen LogP contribution in [0.4, 0.5) is 24.5 Å². The summed E-state index contributed by atoms with van der Waals surface area (Å²) in [4.78, 5) is 1.67. The highest BCUT2D eigenvalue weighted by molar-refractivity contribution is 7.92. The van der Waals surface area contributed by atoms with E-state index >= 15 is 0 Å². The van der Waals surface area contributed by atoms with Crippen LogP contribution >= 0.6 is 0 Å². The topological polar surface area (TPSA) is 58.6 Å². The van der Waals surface area contributed by atoms with E-state index in [9.17, 15) is 21.6 Å². The van der Waals surface area contributed by atoms with Crippen molar-refractivity contribution in [3.05, 3.63) is 54.1 Å². The van der Waals surface area contributed by atoms with Crippen molar-refractivity contribution >= 4 is 21.4 Å². The predicted octanol–water partition coefficient (Wildman–Crippen LogP) is 3.34. The predicted molar refractivity (Wildman–Crippen MR) is 91.7 cm³/mol. The van der Waals surface area contributed by atoms with Crippen LogP contribution in [0.1, 0.15) is 5.56 Å². The molecule has 5 nitrogen and oxygen atoms in total. The van der Waals surface area contributed by atoms with Gasteiger partial charge in [-0.15, -0.1) is 0 Å². The highest BCUT2D eigenvalue weighted by atomic mass is 32.2. The second-order valence-corrected chi connectivity index (χ2v) is 7.46. The Morgan fingerprint density at radius 2 is 1.65 bits per heavy atom. The molecule has 140 valence electrons. The number of halogens is 3. The van der Waals surface area contributed by atoms with E-state index in [0.717, 1.165) is 37.0 Å². The lowest BCUT2D eigenvalue weighted by Gasteiger charge is -2.28. The van der Waals surface area contributed by atoms with E-state index in [1.54, 1.807) is 24.3 Å². The first-order chi connectivity index (χ1) is 12.3. The van der Waals surface area contributed by atoms with Gasteiger partial charge in [-0.3, -0.25) is 4.72 Å². The average Bonchev–Trinajstić information content (AvgIpc) is 2.62. The summed E-state index contributed by atoms with van der Waals surface area (Å²) >= 11 is 0. The van der Waals surface area contributed by atoms with Gasteiger partial charge < -0.3 is 9.64 Å². The van der Waals surface area contributed by atoms with Crippen molar-refractivity contribution in [2.24, 2.45) is 0 Å². The lowest BCUT2D eigenvalue weighted by atomic mass is 10.2. The fourth-order valence-corrected chi connectivity index (χ4v) is 3.72. The van der Waals surface area contributed by atoms with E-state index in [2.05, 4.69) is 9.62 Å². The van der Waals surface area contributed by atoms with Crippen LogP contribution in [0.25, 0.3) is 0 Å². The molecule has 2 aromatic rings. The Kier molecular flexibility index (Phi) is 5.10. The van der Waals surface area contributed by atoms with Crippen molar-refractivity contribution in [2.45, 2.75) is 11.1 Å². The molecule has 1 heterocycles. The Labute approximate surface area is 149 Å². The molecule has 9 heteroatoms. The van der Waals surface area contributed by atoms with Gasteiger partial charge in [0.1, 0.15) is 0 Å². The summed E-state index contributed by atoms with van der Waals surface area (Å²) in [5.41, 5.74) is 0.192. The molecule has 1 aliphatic heterocycles. The number of sulfonamides is 1. The summed E-state index contributed by atoms with van der Waals surface area (Å²) < 4.78 is 70.6. The lowest BCUT2D eigenvalue weighted by Crippen LogP contribution is -2.36. The van der Waals surface area contributed by atoms with Crippen LogP contribution in [0.15, 0.2) is 53.4 Å². The monoisotopic (exact) mass is 386 g/mol. The first kappa shape index (κ1) is 18.5. The van der Waals surface area contributed by atoms with Gasteiger partial charge in [0.2, 0.25) is 0 Å². The van der Waals surface area contributed by atoms with Gasteiger partial charge in [-0.1, -0.05) is 6.07 Å². The smallest absolute Gasteiger partial charge is 0.378 e. The van der Waals surface area contributed by atoms with E-state index in [1.807, 2.05) is 0 Å². The van der Waals surface area contributed by atoms with Crippen molar-refractivity contribution in [2.75, 3.05) is 35.9 Å². The molecule has 0 amide bonds. The summed E-state index contributed by atoms with van der Waals surface area (Å²) in [6.07, 6.45) is -4.61. The van der Waals surface area contributed by atoms with Crippen molar-refractivity contribution in [1.82, 2.24) is 0 Å². The maximum absolute atomic E-state index is 12.8. The van der Waals surface area contributed by atoms with Crippen molar-refractivity contribution < 1.29 is 26.3 Å². The molecule has 1 aliphatic rings. The number of hydrogen-bond acceptors (Lipinski definition) is 4. The third-order valence-corrected chi connectivity index (χ3v) is 5.35. The number of morpholine rings is 1. The molecule has 1 fully saturated rings. The molecule has 0 unspecified atom stereocenters. The van der Waals surface area contributed by atoms with Gasteiger partial charge in [0.25, 0.3) is 10.0 Å².